The fraction of sp³-hybridized carbons (Fsp3) is 0.429. The summed E-state index contributed by atoms with van der Waals surface area (Å²) in [5.74, 6) is 0. The monoisotopic (exact) mass is 312 g/mol. The minimum atomic E-state index is -0.542. The fourth-order valence-corrected chi connectivity index (χ4v) is 3.33. The van der Waals surface area contributed by atoms with Crippen molar-refractivity contribution in [3.05, 3.63) is 71.8 Å². The van der Waals surface area contributed by atoms with Crippen LogP contribution in [0.25, 0.3) is 0 Å². The van der Waals surface area contributed by atoms with Crippen LogP contribution in [0, 0.1) is 5.41 Å². The van der Waals surface area contributed by atoms with Gasteiger partial charge in [-0.15, -0.1) is 0 Å². The Morgan fingerprint density at radius 2 is 1.22 bits per heavy atom. The van der Waals surface area contributed by atoms with Crippen molar-refractivity contribution in [2.24, 2.45) is 5.41 Å². The lowest BCUT2D eigenvalue weighted by molar-refractivity contribution is -0.123. The molecule has 0 bridgehead atoms. The summed E-state index contributed by atoms with van der Waals surface area (Å²) in [6.07, 6.45) is 0. The van der Waals surface area contributed by atoms with Crippen molar-refractivity contribution in [2.75, 3.05) is 19.8 Å². The van der Waals surface area contributed by atoms with Crippen LogP contribution >= 0.6 is 0 Å². The van der Waals surface area contributed by atoms with Crippen LogP contribution in [0.2, 0.25) is 0 Å². The van der Waals surface area contributed by atoms with E-state index < -0.39 is 5.60 Å². The van der Waals surface area contributed by atoms with Crippen molar-refractivity contribution in [2.45, 2.75) is 33.3 Å². The van der Waals surface area contributed by atoms with Gasteiger partial charge in [0.1, 0.15) is 5.60 Å². The van der Waals surface area contributed by atoms with Crippen molar-refractivity contribution < 1.29 is 9.47 Å². The molecule has 0 unspecified atom stereocenters. The third-order valence-electron chi connectivity index (χ3n) is 4.34. The highest BCUT2D eigenvalue weighted by Crippen LogP contribution is 2.48. The Hall–Kier alpha value is -1.64. The number of ether oxygens (including phenoxy) is 2. The molecular weight excluding hydrogens is 284 g/mol. The average Bonchev–Trinajstić information content (AvgIpc) is 2.59. The molecule has 0 amide bonds. The molecule has 23 heavy (non-hydrogen) atoms. The summed E-state index contributed by atoms with van der Waals surface area (Å²) in [6, 6.07) is 21.0. The van der Waals surface area contributed by atoms with E-state index in [1.165, 1.54) is 0 Å². The normalized spacial score (nSPS) is 12.3. The molecule has 0 atom stereocenters. The molecule has 0 N–H and O–H groups in total. The fourth-order valence-electron chi connectivity index (χ4n) is 3.33. The zero-order valence-corrected chi connectivity index (χ0v) is 14.7. The van der Waals surface area contributed by atoms with Gasteiger partial charge in [0.05, 0.1) is 6.61 Å². The predicted molar refractivity (Wildman–Crippen MR) is 95.6 cm³/mol. The first-order valence-electron chi connectivity index (χ1n) is 8.41. The summed E-state index contributed by atoms with van der Waals surface area (Å²) >= 11 is 0. The van der Waals surface area contributed by atoms with Crippen molar-refractivity contribution in [1.82, 2.24) is 0 Å². The maximum Gasteiger partial charge on any atom is 0.125 e. The van der Waals surface area contributed by atoms with E-state index in [9.17, 15) is 0 Å². The lowest BCUT2D eigenvalue weighted by Gasteiger charge is -2.47. The minimum Gasteiger partial charge on any atom is -0.381 e. The number of rotatable bonds is 8. The second kappa shape index (κ2) is 7.76. The Morgan fingerprint density at radius 1 is 0.739 bits per heavy atom. The highest BCUT2D eigenvalue weighted by Gasteiger charge is 2.49. The third kappa shape index (κ3) is 3.49. The molecule has 0 heterocycles. The third-order valence-corrected chi connectivity index (χ3v) is 4.34. The molecule has 2 nitrogen and oxygen atoms in total. The molecule has 0 aliphatic carbocycles. The van der Waals surface area contributed by atoms with E-state index >= 15 is 0 Å². The molecule has 0 spiro atoms. The average molecular weight is 312 g/mol. The van der Waals surface area contributed by atoms with E-state index in [1.54, 1.807) is 0 Å². The molecule has 0 saturated heterocycles. The quantitative estimate of drug-likeness (QED) is 0.680. The number of benzene rings is 2. The van der Waals surface area contributed by atoms with Crippen molar-refractivity contribution in [1.29, 1.82) is 0 Å². The molecule has 124 valence electrons. The van der Waals surface area contributed by atoms with Crippen LogP contribution in [0.3, 0.4) is 0 Å². The maximum atomic E-state index is 6.48. The SMILES string of the molecule is CCOCC(C)(C)C(OCC)(c1ccccc1)c1ccccc1. The molecule has 2 heteroatoms. The largest absolute Gasteiger partial charge is 0.381 e. The van der Waals surface area contributed by atoms with Gasteiger partial charge in [0.2, 0.25) is 0 Å². The van der Waals surface area contributed by atoms with Crippen LogP contribution < -0.4 is 0 Å². The zero-order valence-electron chi connectivity index (χ0n) is 14.7. The topological polar surface area (TPSA) is 18.5 Å². The highest BCUT2D eigenvalue weighted by atomic mass is 16.5. The lowest BCUT2D eigenvalue weighted by atomic mass is 9.67. The molecule has 2 rings (SSSR count). The number of hydrogen-bond acceptors (Lipinski definition) is 2. The zero-order chi connectivity index (χ0) is 16.8. The van der Waals surface area contributed by atoms with Gasteiger partial charge in [0.25, 0.3) is 0 Å². The molecule has 0 radical (unpaired) electrons. The van der Waals surface area contributed by atoms with Crippen molar-refractivity contribution in [3.63, 3.8) is 0 Å². The second-order valence-corrected chi connectivity index (χ2v) is 6.37. The van der Waals surface area contributed by atoms with E-state index in [0.29, 0.717) is 19.8 Å². The summed E-state index contributed by atoms with van der Waals surface area (Å²) in [7, 11) is 0. The van der Waals surface area contributed by atoms with Gasteiger partial charge in [-0.2, -0.15) is 0 Å². The standard InChI is InChI=1S/C21H28O2/c1-5-22-17-20(3,4)21(23-6-2,18-13-9-7-10-14-18)19-15-11-8-12-16-19/h7-16H,5-6,17H2,1-4H3. The van der Waals surface area contributed by atoms with Gasteiger partial charge in [-0.05, 0) is 25.0 Å². The summed E-state index contributed by atoms with van der Waals surface area (Å²) in [5, 5.41) is 0. The van der Waals surface area contributed by atoms with E-state index in [1.807, 2.05) is 19.1 Å². The van der Waals surface area contributed by atoms with E-state index in [-0.39, 0.29) is 5.41 Å². The first kappa shape index (κ1) is 17.7. The van der Waals surface area contributed by atoms with Gasteiger partial charge in [0.15, 0.2) is 0 Å². The molecule has 0 aliphatic heterocycles. The van der Waals surface area contributed by atoms with Crippen molar-refractivity contribution >= 4 is 0 Å². The molecule has 0 aliphatic rings. The van der Waals surface area contributed by atoms with Gasteiger partial charge in [0, 0.05) is 18.6 Å². The van der Waals surface area contributed by atoms with Gasteiger partial charge in [-0.25, -0.2) is 0 Å². The Balaban J connectivity index is 2.65. The lowest BCUT2D eigenvalue weighted by Crippen LogP contribution is -2.48. The van der Waals surface area contributed by atoms with Gasteiger partial charge >= 0.3 is 0 Å². The summed E-state index contributed by atoms with van der Waals surface area (Å²) in [6.45, 7) is 10.5. The summed E-state index contributed by atoms with van der Waals surface area (Å²) in [4.78, 5) is 0. The molecule has 2 aromatic rings. The molecule has 0 saturated carbocycles. The predicted octanol–water partition coefficient (Wildman–Crippen LogP) is 5.03. The summed E-state index contributed by atoms with van der Waals surface area (Å²) in [5.41, 5.74) is 1.57. The first-order chi connectivity index (χ1) is 11.1. The van der Waals surface area contributed by atoms with E-state index in [0.717, 1.165) is 11.1 Å². The van der Waals surface area contributed by atoms with Crippen LogP contribution in [0.15, 0.2) is 60.7 Å². The second-order valence-electron chi connectivity index (χ2n) is 6.37. The Morgan fingerprint density at radius 3 is 1.61 bits per heavy atom. The molecule has 0 fully saturated rings. The van der Waals surface area contributed by atoms with Crippen LogP contribution in [0.4, 0.5) is 0 Å². The van der Waals surface area contributed by atoms with Gasteiger partial charge < -0.3 is 9.47 Å². The first-order valence-corrected chi connectivity index (χ1v) is 8.41. The van der Waals surface area contributed by atoms with Crippen molar-refractivity contribution in [3.8, 4) is 0 Å². The Kier molecular flexibility index (Phi) is 5.97. The van der Waals surface area contributed by atoms with Gasteiger partial charge in [-0.1, -0.05) is 74.5 Å². The Bertz CT molecular complexity index is 536. The van der Waals surface area contributed by atoms with Crippen LogP contribution in [0.1, 0.15) is 38.8 Å². The smallest absolute Gasteiger partial charge is 0.125 e. The van der Waals surface area contributed by atoms with Crippen LogP contribution in [-0.4, -0.2) is 19.8 Å². The Labute approximate surface area is 140 Å². The maximum absolute atomic E-state index is 6.48. The van der Waals surface area contributed by atoms with E-state index in [4.69, 9.17) is 9.47 Å². The highest BCUT2D eigenvalue weighted by molar-refractivity contribution is 5.39. The van der Waals surface area contributed by atoms with Gasteiger partial charge in [-0.3, -0.25) is 0 Å². The summed E-state index contributed by atoms with van der Waals surface area (Å²) < 4.78 is 12.3. The number of hydrogen-bond donors (Lipinski definition) is 0. The van der Waals surface area contributed by atoms with E-state index in [2.05, 4.69) is 69.3 Å². The molecule has 0 aromatic heterocycles. The van der Waals surface area contributed by atoms with Crippen LogP contribution in [0.5, 0.6) is 0 Å². The molecule has 2 aromatic carbocycles. The minimum absolute atomic E-state index is 0.221. The molecular formula is C21H28O2. The van der Waals surface area contributed by atoms with Crippen LogP contribution in [-0.2, 0) is 15.1 Å².